The first-order valence-electron chi connectivity index (χ1n) is 10.6. The maximum Gasteiger partial charge on any atom is 0.269 e. The van der Waals surface area contributed by atoms with Gasteiger partial charge in [0.25, 0.3) is 5.69 Å². The zero-order valence-electron chi connectivity index (χ0n) is 16.1. The molecule has 0 aliphatic carbocycles. The molecule has 148 valence electrons. The predicted molar refractivity (Wildman–Crippen MR) is 107 cm³/mol. The van der Waals surface area contributed by atoms with E-state index >= 15 is 0 Å². The van der Waals surface area contributed by atoms with Crippen LogP contribution in [0.25, 0.3) is 6.08 Å². The predicted octanol–water partition coefficient (Wildman–Crippen LogP) is 3.47. The lowest BCUT2D eigenvalue weighted by Gasteiger charge is -2.58. The Bertz CT molecular complexity index is 817. The lowest BCUT2D eigenvalue weighted by molar-refractivity contribution is -0.384. The van der Waals surface area contributed by atoms with Crippen LogP contribution in [0, 0.1) is 22.0 Å². The molecule has 4 aliphatic rings. The fourth-order valence-corrected chi connectivity index (χ4v) is 6.22. The highest BCUT2D eigenvalue weighted by Gasteiger charge is 2.51. The second-order valence-electron chi connectivity index (χ2n) is 8.82. The summed E-state index contributed by atoms with van der Waals surface area (Å²) in [6.07, 6.45) is 8.81. The van der Waals surface area contributed by atoms with Gasteiger partial charge in [0.1, 0.15) is 0 Å². The average Bonchev–Trinajstić information content (AvgIpc) is 2.71. The highest BCUT2D eigenvalue weighted by Crippen LogP contribution is 2.45. The number of nitro groups is 1. The van der Waals surface area contributed by atoms with Crippen LogP contribution in [0.4, 0.5) is 5.69 Å². The number of nitrogens with zero attached hydrogens (tertiary/aromatic N) is 3. The van der Waals surface area contributed by atoms with Gasteiger partial charge in [-0.2, -0.15) is 0 Å². The zero-order valence-corrected chi connectivity index (χ0v) is 16.1. The van der Waals surface area contributed by atoms with E-state index in [0.29, 0.717) is 23.9 Å². The Morgan fingerprint density at radius 2 is 1.82 bits per heavy atom. The first kappa shape index (κ1) is 17.9. The third-order valence-corrected chi connectivity index (χ3v) is 7.36. The highest BCUT2D eigenvalue weighted by atomic mass is 16.6. The second-order valence-corrected chi connectivity index (χ2v) is 8.82. The Morgan fingerprint density at radius 3 is 2.57 bits per heavy atom. The van der Waals surface area contributed by atoms with Gasteiger partial charge in [0.05, 0.1) is 4.92 Å². The largest absolute Gasteiger partial charge is 0.335 e. The maximum atomic E-state index is 13.3. The Balaban J connectivity index is 1.38. The van der Waals surface area contributed by atoms with Gasteiger partial charge in [-0.25, -0.2) is 0 Å². The standard InChI is InChI=1S/C22H27N3O3/c26-22-16(13-15-5-8-18(9-6-15)25(27)28)7-10-20-19-4-2-12-23-11-1-3-17(21(19)23)14-24(20)22/h5-6,8-9,13,17,19-21H,1-4,7,10-12,14H2/b16-13+/t17-,19+,20+,21-/m0/s1. The molecule has 0 radical (unpaired) electrons. The number of hydrogen-bond donors (Lipinski definition) is 0. The monoisotopic (exact) mass is 381 g/mol. The molecule has 0 unspecified atom stereocenters. The zero-order chi connectivity index (χ0) is 19.3. The fourth-order valence-electron chi connectivity index (χ4n) is 6.22. The van der Waals surface area contributed by atoms with E-state index < -0.39 is 4.92 Å². The minimum absolute atomic E-state index is 0.0819. The molecule has 1 amide bonds. The van der Waals surface area contributed by atoms with Crippen molar-refractivity contribution in [3.8, 4) is 0 Å². The van der Waals surface area contributed by atoms with E-state index in [9.17, 15) is 14.9 Å². The van der Waals surface area contributed by atoms with Crippen molar-refractivity contribution in [3.05, 3.63) is 45.5 Å². The van der Waals surface area contributed by atoms with Crippen molar-refractivity contribution >= 4 is 17.7 Å². The minimum atomic E-state index is -0.394. The smallest absolute Gasteiger partial charge is 0.269 e. The van der Waals surface area contributed by atoms with Crippen LogP contribution < -0.4 is 0 Å². The third-order valence-electron chi connectivity index (χ3n) is 7.36. The van der Waals surface area contributed by atoms with Crippen molar-refractivity contribution in [2.75, 3.05) is 19.6 Å². The molecule has 6 nitrogen and oxygen atoms in total. The number of hydrogen-bond acceptors (Lipinski definition) is 4. The van der Waals surface area contributed by atoms with E-state index in [1.54, 1.807) is 12.1 Å². The van der Waals surface area contributed by atoms with E-state index in [-0.39, 0.29) is 11.6 Å². The lowest BCUT2D eigenvalue weighted by atomic mass is 9.67. The van der Waals surface area contributed by atoms with Crippen LogP contribution in [0.3, 0.4) is 0 Å². The van der Waals surface area contributed by atoms with E-state index in [4.69, 9.17) is 0 Å². The van der Waals surface area contributed by atoms with E-state index in [0.717, 1.165) is 30.5 Å². The fraction of sp³-hybridized carbons (Fsp3) is 0.591. The van der Waals surface area contributed by atoms with Gasteiger partial charge >= 0.3 is 0 Å². The van der Waals surface area contributed by atoms with Gasteiger partial charge in [0, 0.05) is 36.3 Å². The molecule has 4 atom stereocenters. The van der Waals surface area contributed by atoms with Crippen LogP contribution in [0.5, 0.6) is 0 Å². The molecule has 0 N–H and O–H groups in total. The average molecular weight is 381 g/mol. The summed E-state index contributed by atoms with van der Waals surface area (Å²) >= 11 is 0. The van der Waals surface area contributed by atoms with Crippen molar-refractivity contribution in [3.63, 3.8) is 0 Å². The number of piperidine rings is 4. The number of amides is 1. The molecule has 1 aromatic rings. The van der Waals surface area contributed by atoms with Crippen molar-refractivity contribution in [2.24, 2.45) is 11.8 Å². The van der Waals surface area contributed by atoms with Crippen LogP contribution in [0.2, 0.25) is 0 Å². The molecule has 4 saturated heterocycles. The Morgan fingerprint density at radius 1 is 1.07 bits per heavy atom. The van der Waals surface area contributed by atoms with Gasteiger partial charge in [0.15, 0.2) is 0 Å². The van der Waals surface area contributed by atoms with Crippen LogP contribution in [0.1, 0.15) is 44.1 Å². The minimum Gasteiger partial charge on any atom is -0.335 e. The number of carbonyl (C=O) groups excluding carboxylic acids is 1. The molecule has 5 rings (SSSR count). The highest BCUT2D eigenvalue weighted by molar-refractivity contribution is 5.99. The molecule has 4 aliphatic heterocycles. The van der Waals surface area contributed by atoms with E-state index in [1.165, 1.54) is 50.9 Å². The van der Waals surface area contributed by atoms with Crippen LogP contribution in [-0.4, -0.2) is 52.3 Å². The summed E-state index contributed by atoms with van der Waals surface area (Å²) in [5.41, 5.74) is 1.80. The van der Waals surface area contributed by atoms with E-state index in [2.05, 4.69) is 9.80 Å². The van der Waals surface area contributed by atoms with Gasteiger partial charge in [0.2, 0.25) is 5.91 Å². The van der Waals surface area contributed by atoms with Crippen LogP contribution in [0.15, 0.2) is 29.8 Å². The maximum absolute atomic E-state index is 13.3. The first-order valence-corrected chi connectivity index (χ1v) is 10.6. The molecule has 4 heterocycles. The molecule has 4 fully saturated rings. The SMILES string of the molecule is O=C1/C(=C/c2ccc([N+](=O)[O-])cc2)CC[C@@H]2[C@H]3CCCN4CCC[C@@H](CN12)[C@@H]34. The Kier molecular flexibility index (Phi) is 4.46. The summed E-state index contributed by atoms with van der Waals surface area (Å²) in [5, 5.41) is 10.8. The molecular formula is C22H27N3O3. The van der Waals surface area contributed by atoms with Crippen LogP contribution in [-0.2, 0) is 4.79 Å². The topological polar surface area (TPSA) is 66.7 Å². The summed E-state index contributed by atoms with van der Waals surface area (Å²) < 4.78 is 0. The van der Waals surface area contributed by atoms with Gasteiger partial charge in [-0.3, -0.25) is 19.8 Å². The summed E-state index contributed by atoms with van der Waals surface area (Å²) in [4.78, 5) is 28.7. The molecule has 0 bridgehead atoms. The normalized spacial score (nSPS) is 34.1. The summed E-state index contributed by atoms with van der Waals surface area (Å²) in [6, 6.07) is 7.56. The quantitative estimate of drug-likeness (QED) is 0.447. The number of carbonyl (C=O) groups is 1. The number of non-ortho nitro benzene ring substituents is 1. The number of fused-ring (bicyclic) bond motifs is 2. The number of benzene rings is 1. The Labute approximate surface area is 165 Å². The molecule has 28 heavy (non-hydrogen) atoms. The van der Waals surface area contributed by atoms with Crippen molar-refractivity contribution < 1.29 is 9.72 Å². The summed E-state index contributed by atoms with van der Waals surface area (Å²) in [6.45, 7) is 3.38. The molecule has 0 spiro atoms. The van der Waals surface area contributed by atoms with Gasteiger partial charge < -0.3 is 4.90 Å². The van der Waals surface area contributed by atoms with Crippen molar-refractivity contribution in [1.29, 1.82) is 0 Å². The van der Waals surface area contributed by atoms with Gasteiger partial charge in [-0.15, -0.1) is 0 Å². The lowest BCUT2D eigenvalue weighted by Crippen LogP contribution is -2.66. The molecule has 6 heteroatoms. The molecule has 0 aromatic heterocycles. The van der Waals surface area contributed by atoms with Crippen molar-refractivity contribution in [1.82, 2.24) is 9.80 Å². The second kappa shape index (κ2) is 6.99. The van der Waals surface area contributed by atoms with Crippen LogP contribution >= 0.6 is 0 Å². The van der Waals surface area contributed by atoms with Gasteiger partial charge in [-0.05, 0) is 87.2 Å². The Hall–Kier alpha value is -2.21. The summed E-state index contributed by atoms with van der Waals surface area (Å²) in [7, 11) is 0. The number of nitro benzene ring substituents is 1. The number of rotatable bonds is 2. The first-order chi connectivity index (χ1) is 13.6. The summed E-state index contributed by atoms with van der Waals surface area (Å²) in [5.74, 6) is 1.45. The van der Waals surface area contributed by atoms with Crippen molar-refractivity contribution in [2.45, 2.75) is 50.6 Å². The molecule has 0 saturated carbocycles. The molecular weight excluding hydrogens is 354 g/mol. The molecule has 1 aromatic carbocycles. The third kappa shape index (κ3) is 2.94. The van der Waals surface area contributed by atoms with E-state index in [1.807, 2.05) is 6.08 Å². The van der Waals surface area contributed by atoms with Gasteiger partial charge in [-0.1, -0.05) is 0 Å².